The Bertz CT molecular complexity index is 849. The Labute approximate surface area is 182 Å². The number of amides is 1. The summed E-state index contributed by atoms with van der Waals surface area (Å²) in [6, 6.07) is 7.63. The highest BCUT2D eigenvalue weighted by Gasteiger charge is 2.31. The van der Waals surface area contributed by atoms with Crippen molar-refractivity contribution < 1.29 is 23.5 Å². The molecule has 2 fully saturated rings. The Morgan fingerprint density at radius 2 is 2.13 bits per heavy atom. The van der Waals surface area contributed by atoms with Crippen LogP contribution in [0.15, 0.2) is 28.8 Å². The Hall–Kier alpha value is -2.45. The molecule has 2 saturated heterocycles. The average molecular weight is 430 g/mol. The molecule has 2 aliphatic heterocycles. The molecule has 1 aromatic carbocycles. The van der Waals surface area contributed by atoms with Crippen LogP contribution in [0.5, 0.6) is 5.75 Å². The maximum atomic E-state index is 12.7. The fourth-order valence-electron chi connectivity index (χ4n) is 4.12. The van der Waals surface area contributed by atoms with E-state index < -0.39 is 0 Å². The number of carbonyl (C=O) groups excluding carboxylic acids is 1. The van der Waals surface area contributed by atoms with Crippen molar-refractivity contribution in [1.82, 2.24) is 15.0 Å². The van der Waals surface area contributed by atoms with Crippen LogP contribution in [0.2, 0.25) is 0 Å². The number of methoxy groups -OCH3 is 1. The Balaban J connectivity index is 1.21. The largest absolute Gasteiger partial charge is 0.497 e. The van der Waals surface area contributed by atoms with Gasteiger partial charge >= 0.3 is 0 Å². The molecule has 1 atom stereocenters. The van der Waals surface area contributed by atoms with Gasteiger partial charge in [0.15, 0.2) is 5.82 Å². The quantitative estimate of drug-likeness (QED) is 0.566. The Morgan fingerprint density at radius 1 is 1.26 bits per heavy atom. The first-order valence-electron chi connectivity index (χ1n) is 11.1. The van der Waals surface area contributed by atoms with E-state index in [1.807, 2.05) is 29.2 Å². The Kier molecular flexibility index (Phi) is 7.53. The number of rotatable bonds is 9. The number of aromatic nitrogens is 2. The fraction of sp³-hybridized carbons (Fsp3) is 0.609. The maximum absolute atomic E-state index is 12.7. The zero-order valence-corrected chi connectivity index (χ0v) is 18.1. The lowest BCUT2D eigenvalue weighted by Gasteiger charge is -2.21. The van der Waals surface area contributed by atoms with Crippen LogP contribution in [0, 0.1) is 5.92 Å². The number of hydrogen-bond acceptors (Lipinski definition) is 7. The third kappa shape index (κ3) is 6.04. The number of hydrogen-bond donors (Lipinski definition) is 0. The molecular weight excluding hydrogens is 398 g/mol. The molecule has 2 aromatic rings. The molecule has 8 heteroatoms. The first-order valence-corrected chi connectivity index (χ1v) is 11.1. The van der Waals surface area contributed by atoms with Crippen LogP contribution in [0.1, 0.15) is 42.5 Å². The van der Waals surface area contributed by atoms with E-state index in [0.717, 1.165) is 50.4 Å². The molecule has 0 saturated carbocycles. The van der Waals surface area contributed by atoms with Gasteiger partial charge in [-0.2, -0.15) is 4.98 Å². The first kappa shape index (κ1) is 21.8. The molecule has 0 aliphatic carbocycles. The SMILES string of the molecule is COc1cccc(CC(=O)N2CCC(c3nc(CCOCC4CCOCC4)no3)C2)c1. The molecule has 1 amide bonds. The van der Waals surface area contributed by atoms with E-state index in [2.05, 4.69) is 10.1 Å². The normalized spacial score (nSPS) is 19.6. The second kappa shape index (κ2) is 10.7. The van der Waals surface area contributed by atoms with Crippen LogP contribution < -0.4 is 4.74 Å². The van der Waals surface area contributed by atoms with Crippen LogP contribution in [-0.2, 0) is 27.1 Å². The van der Waals surface area contributed by atoms with E-state index in [9.17, 15) is 4.79 Å². The summed E-state index contributed by atoms with van der Waals surface area (Å²) < 4.78 is 21.9. The summed E-state index contributed by atoms with van der Waals surface area (Å²) in [5.41, 5.74) is 0.952. The summed E-state index contributed by atoms with van der Waals surface area (Å²) in [7, 11) is 1.63. The number of benzene rings is 1. The first-order chi connectivity index (χ1) is 15.2. The minimum atomic E-state index is 0.0960. The summed E-state index contributed by atoms with van der Waals surface area (Å²) in [5.74, 6) is 2.85. The number of ether oxygens (including phenoxy) is 3. The van der Waals surface area contributed by atoms with E-state index in [4.69, 9.17) is 18.7 Å². The van der Waals surface area contributed by atoms with Gasteiger partial charge in [0.1, 0.15) is 5.75 Å². The summed E-state index contributed by atoms with van der Waals surface area (Å²) in [4.78, 5) is 19.1. The van der Waals surface area contributed by atoms with E-state index in [1.165, 1.54) is 0 Å². The molecule has 168 valence electrons. The molecule has 0 spiro atoms. The number of likely N-dealkylation sites (tertiary alicyclic amines) is 1. The highest BCUT2D eigenvalue weighted by atomic mass is 16.5. The molecular formula is C23H31N3O5. The van der Waals surface area contributed by atoms with Crippen molar-refractivity contribution >= 4 is 5.91 Å². The van der Waals surface area contributed by atoms with Gasteiger partial charge in [-0.1, -0.05) is 17.3 Å². The number of carbonyl (C=O) groups is 1. The van der Waals surface area contributed by atoms with Crippen molar-refractivity contribution in [2.24, 2.45) is 5.92 Å². The smallest absolute Gasteiger partial charge is 0.231 e. The highest BCUT2D eigenvalue weighted by Crippen LogP contribution is 2.27. The molecule has 8 nitrogen and oxygen atoms in total. The standard InChI is InChI=1S/C23H31N3O5/c1-28-20-4-2-3-18(13-20)14-22(27)26-9-5-19(15-26)23-24-21(25-31-23)8-12-30-16-17-6-10-29-11-7-17/h2-4,13,17,19H,5-12,14-16H2,1H3. The van der Waals surface area contributed by atoms with Gasteiger partial charge in [-0.15, -0.1) is 0 Å². The van der Waals surface area contributed by atoms with Crippen molar-refractivity contribution in [3.8, 4) is 5.75 Å². The van der Waals surface area contributed by atoms with Crippen LogP contribution >= 0.6 is 0 Å². The van der Waals surface area contributed by atoms with Crippen molar-refractivity contribution in [2.75, 3.05) is 46.6 Å². The maximum Gasteiger partial charge on any atom is 0.231 e. The van der Waals surface area contributed by atoms with Gasteiger partial charge in [0.2, 0.25) is 11.8 Å². The second-order valence-electron chi connectivity index (χ2n) is 8.28. The Morgan fingerprint density at radius 3 is 2.97 bits per heavy atom. The average Bonchev–Trinajstić information content (AvgIpc) is 3.47. The molecule has 1 aromatic heterocycles. The highest BCUT2D eigenvalue weighted by molar-refractivity contribution is 5.79. The van der Waals surface area contributed by atoms with Gasteiger partial charge in [0.25, 0.3) is 0 Å². The molecule has 3 heterocycles. The summed E-state index contributed by atoms with van der Waals surface area (Å²) >= 11 is 0. The second-order valence-corrected chi connectivity index (χ2v) is 8.28. The van der Waals surface area contributed by atoms with Gasteiger partial charge in [-0.25, -0.2) is 0 Å². The van der Waals surface area contributed by atoms with Gasteiger partial charge in [0, 0.05) is 39.3 Å². The van der Waals surface area contributed by atoms with E-state index in [0.29, 0.717) is 50.2 Å². The molecule has 4 rings (SSSR count). The van der Waals surface area contributed by atoms with Gasteiger partial charge in [-0.3, -0.25) is 4.79 Å². The zero-order valence-electron chi connectivity index (χ0n) is 18.1. The molecule has 31 heavy (non-hydrogen) atoms. The topological polar surface area (TPSA) is 86.9 Å². The van der Waals surface area contributed by atoms with E-state index >= 15 is 0 Å². The molecule has 0 bridgehead atoms. The van der Waals surface area contributed by atoms with Crippen molar-refractivity contribution in [3.05, 3.63) is 41.5 Å². The zero-order chi connectivity index (χ0) is 21.5. The van der Waals surface area contributed by atoms with Crippen molar-refractivity contribution in [1.29, 1.82) is 0 Å². The van der Waals surface area contributed by atoms with Crippen molar-refractivity contribution in [2.45, 2.75) is 38.0 Å². The van der Waals surface area contributed by atoms with Gasteiger partial charge < -0.3 is 23.6 Å². The molecule has 0 N–H and O–H groups in total. The summed E-state index contributed by atoms with van der Waals surface area (Å²) in [6.45, 7) is 4.35. The van der Waals surface area contributed by atoms with E-state index in [1.54, 1.807) is 7.11 Å². The molecule has 0 radical (unpaired) electrons. The van der Waals surface area contributed by atoms with Crippen LogP contribution in [0.4, 0.5) is 0 Å². The lowest BCUT2D eigenvalue weighted by Crippen LogP contribution is -2.29. The lowest BCUT2D eigenvalue weighted by atomic mass is 10.0. The predicted octanol–water partition coefficient (Wildman–Crippen LogP) is 2.62. The van der Waals surface area contributed by atoms with Gasteiger partial charge in [-0.05, 0) is 42.9 Å². The minimum absolute atomic E-state index is 0.0960. The lowest BCUT2D eigenvalue weighted by molar-refractivity contribution is -0.129. The van der Waals surface area contributed by atoms with Crippen LogP contribution in [0.25, 0.3) is 0 Å². The third-order valence-corrected chi connectivity index (χ3v) is 6.03. The molecule has 1 unspecified atom stereocenters. The van der Waals surface area contributed by atoms with Crippen molar-refractivity contribution in [3.63, 3.8) is 0 Å². The number of nitrogens with zero attached hydrogens (tertiary/aromatic N) is 3. The monoisotopic (exact) mass is 429 g/mol. The fourth-order valence-corrected chi connectivity index (χ4v) is 4.12. The summed E-state index contributed by atoms with van der Waals surface area (Å²) in [5, 5.41) is 4.10. The van der Waals surface area contributed by atoms with E-state index in [-0.39, 0.29) is 11.8 Å². The minimum Gasteiger partial charge on any atom is -0.497 e. The third-order valence-electron chi connectivity index (χ3n) is 6.03. The summed E-state index contributed by atoms with van der Waals surface area (Å²) in [6.07, 6.45) is 3.98. The van der Waals surface area contributed by atoms with Crippen LogP contribution in [0.3, 0.4) is 0 Å². The van der Waals surface area contributed by atoms with Crippen LogP contribution in [-0.4, -0.2) is 67.6 Å². The van der Waals surface area contributed by atoms with Gasteiger partial charge in [0.05, 0.1) is 26.1 Å². The predicted molar refractivity (Wildman–Crippen MR) is 113 cm³/mol. The molecule has 2 aliphatic rings.